The summed E-state index contributed by atoms with van der Waals surface area (Å²) in [5.74, 6) is -0.0870. The molecule has 1 aromatic heterocycles. The molecule has 0 aliphatic carbocycles. The lowest BCUT2D eigenvalue weighted by Crippen LogP contribution is -2.49. The van der Waals surface area contributed by atoms with Crippen molar-refractivity contribution in [1.82, 2.24) is 5.32 Å². The minimum atomic E-state index is -0.481. The smallest absolute Gasteiger partial charge is 0.237 e. The first kappa shape index (κ1) is 14.2. The maximum Gasteiger partial charge on any atom is 0.237 e. The van der Waals surface area contributed by atoms with Crippen LogP contribution in [0.5, 0.6) is 0 Å². The molecular formula is C13H22N2OS. The summed E-state index contributed by atoms with van der Waals surface area (Å²) in [7, 11) is 0. The van der Waals surface area contributed by atoms with Crippen molar-refractivity contribution in [3.8, 4) is 0 Å². The Labute approximate surface area is 107 Å². The van der Waals surface area contributed by atoms with E-state index in [1.165, 1.54) is 4.88 Å². The van der Waals surface area contributed by atoms with E-state index >= 15 is 0 Å². The van der Waals surface area contributed by atoms with Crippen LogP contribution in [-0.2, 0) is 4.79 Å². The first-order chi connectivity index (χ1) is 7.71. The normalized spacial score (nSPS) is 15.4. The highest BCUT2D eigenvalue weighted by atomic mass is 32.1. The number of carbonyl (C=O) groups is 1. The summed E-state index contributed by atoms with van der Waals surface area (Å²) in [6.45, 7) is 9.95. The van der Waals surface area contributed by atoms with Crippen molar-refractivity contribution in [1.29, 1.82) is 0 Å². The average molecular weight is 254 g/mol. The fraction of sp³-hybridized carbons (Fsp3) is 0.615. The molecule has 1 heterocycles. The third kappa shape index (κ3) is 3.82. The molecule has 4 heteroatoms. The second-order valence-electron chi connectivity index (χ2n) is 5.52. The lowest BCUT2D eigenvalue weighted by Gasteiger charge is -2.27. The number of carbonyl (C=O) groups excluding carboxylic acids is 1. The largest absolute Gasteiger partial charge is 0.347 e. The topological polar surface area (TPSA) is 55.1 Å². The van der Waals surface area contributed by atoms with Crippen molar-refractivity contribution in [3.63, 3.8) is 0 Å². The number of aryl methyl sites for hydroxylation is 1. The predicted molar refractivity (Wildman–Crippen MR) is 73.0 cm³/mol. The van der Waals surface area contributed by atoms with E-state index in [-0.39, 0.29) is 17.4 Å². The molecule has 0 saturated carbocycles. The molecule has 17 heavy (non-hydrogen) atoms. The maximum absolute atomic E-state index is 11.9. The van der Waals surface area contributed by atoms with Gasteiger partial charge in [0.05, 0.1) is 12.1 Å². The molecule has 3 nitrogen and oxygen atoms in total. The van der Waals surface area contributed by atoms with Crippen LogP contribution in [0, 0.1) is 12.3 Å². The van der Waals surface area contributed by atoms with Crippen molar-refractivity contribution in [2.75, 3.05) is 0 Å². The quantitative estimate of drug-likeness (QED) is 0.871. The molecule has 0 bridgehead atoms. The molecule has 1 unspecified atom stereocenters. The number of hydrogen-bond donors (Lipinski definition) is 2. The highest BCUT2D eigenvalue weighted by molar-refractivity contribution is 7.12. The molecule has 1 rings (SSSR count). The van der Waals surface area contributed by atoms with Crippen LogP contribution in [0.3, 0.4) is 0 Å². The summed E-state index contributed by atoms with van der Waals surface area (Å²) in [5, 5.41) is 2.96. The van der Waals surface area contributed by atoms with Crippen LogP contribution >= 0.6 is 11.3 Å². The number of nitrogens with two attached hydrogens (primary N) is 1. The Balaban J connectivity index is 2.63. The zero-order valence-corrected chi connectivity index (χ0v) is 12.0. The SMILES string of the molecule is Cc1ccc(C(C)NC(=O)[C@@H](N)C(C)(C)C)s1. The Morgan fingerprint density at radius 2 is 2.00 bits per heavy atom. The molecule has 3 N–H and O–H groups in total. The van der Waals surface area contributed by atoms with Gasteiger partial charge in [-0.15, -0.1) is 11.3 Å². The molecule has 0 radical (unpaired) electrons. The lowest BCUT2D eigenvalue weighted by molar-refractivity contribution is -0.125. The van der Waals surface area contributed by atoms with E-state index in [9.17, 15) is 4.79 Å². The molecule has 0 fully saturated rings. The first-order valence-corrected chi connectivity index (χ1v) is 6.65. The van der Waals surface area contributed by atoms with Crippen LogP contribution in [0.1, 0.15) is 43.5 Å². The summed E-state index contributed by atoms with van der Waals surface area (Å²) in [6, 6.07) is 3.65. The lowest BCUT2D eigenvalue weighted by atomic mass is 9.87. The van der Waals surface area contributed by atoms with Gasteiger partial charge in [-0.25, -0.2) is 0 Å². The molecule has 0 spiro atoms. The van der Waals surface area contributed by atoms with Gasteiger partial charge in [-0.1, -0.05) is 20.8 Å². The van der Waals surface area contributed by atoms with Crippen LogP contribution in [0.2, 0.25) is 0 Å². The van der Waals surface area contributed by atoms with Crippen LogP contribution in [0.4, 0.5) is 0 Å². The molecule has 0 saturated heterocycles. The molecular weight excluding hydrogens is 232 g/mol. The number of amides is 1. The fourth-order valence-corrected chi connectivity index (χ4v) is 2.33. The summed E-state index contributed by atoms with van der Waals surface area (Å²) >= 11 is 1.70. The van der Waals surface area contributed by atoms with Crippen molar-refractivity contribution in [3.05, 3.63) is 21.9 Å². The van der Waals surface area contributed by atoms with Gasteiger partial charge in [0.25, 0.3) is 0 Å². The van der Waals surface area contributed by atoms with E-state index < -0.39 is 6.04 Å². The van der Waals surface area contributed by atoms with Crippen molar-refractivity contribution < 1.29 is 4.79 Å². The van der Waals surface area contributed by atoms with Gasteiger partial charge in [0.2, 0.25) is 5.91 Å². The van der Waals surface area contributed by atoms with Gasteiger partial charge in [0, 0.05) is 9.75 Å². The zero-order valence-electron chi connectivity index (χ0n) is 11.2. The van der Waals surface area contributed by atoms with E-state index in [1.54, 1.807) is 11.3 Å². The molecule has 2 atom stereocenters. The van der Waals surface area contributed by atoms with E-state index in [2.05, 4.69) is 18.3 Å². The molecule has 96 valence electrons. The van der Waals surface area contributed by atoms with Gasteiger partial charge in [0.15, 0.2) is 0 Å². The van der Waals surface area contributed by atoms with Gasteiger partial charge >= 0.3 is 0 Å². The standard InChI is InChI=1S/C13H22N2OS/c1-8-6-7-10(17-8)9(2)15-12(16)11(14)13(3,4)5/h6-7,9,11H,14H2,1-5H3,(H,15,16)/t9?,11-/m1/s1. The number of thiophene rings is 1. The number of nitrogens with one attached hydrogen (secondary N) is 1. The average Bonchev–Trinajstić information content (AvgIpc) is 2.62. The molecule has 1 amide bonds. The molecule has 0 aliphatic rings. The molecule has 1 aromatic rings. The summed E-state index contributed by atoms with van der Waals surface area (Å²) in [4.78, 5) is 14.4. The van der Waals surface area contributed by atoms with Crippen LogP contribution in [0.25, 0.3) is 0 Å². The van der Waals surface area contributed by atoms with Crippen LogP contribution in [0.15, 0.2) is 12.1 Å². The van der Waals surface area contributed by atoms with Gasteiger partial charge in [0.1, 0.15) is 0 Å². The third-order valence-electron chi connectivity index (χ3n) is 2.76. The summed E-state index contributed by atoms with van der Waals surface area (Å²) in [5.41, 5.74) is 5.70. The Morgan fingerprint density at radius 3 is 2.41 bits per heavy atom. The van der Waals surface area contributed by atoms with Gasteiger partial charge in [-0.2, -0.15) is 0 Å². The van der Waals surface area contributed by atoms with Crippen molar-refractivity contribution in [2.24, 2.45) is 11.1 Å². The van der Waals surface area contributed by atoms with Gasteiger partial charge in [-0.3, -0.25) is 4.79 Å². The molecule has 0 aliphatic heterocycles. The number of hydrogen-bond acceptors (Lipinski definition) is 3. The maximum atomic E-state index is 11.9. The second-order valence-corrected chi connectivity index (χ2v) is 6.84. The monoisotopic (exact) mass is 254 g/mol. The van der Waals surface area contributed by atoms with E-state index in [0.717, 1.165) is 4.88 Å². The Kier molecular flexibility index (Phi) is 4.33. The highest BCUT2D eigenvalue weighted by Crippen LogP contribution is 2.23. The van der Waals surface area contributed by atoms with E-state index in [0.29, 0.717) is 0 Å². The van der Waals surface area contributed by atoms with Crippen LogP contribution < -0.4 is 11.1 Å². The van der Waals surface area contributed by atoms with Crippen molar-refractivity contribution in [2.45, 2.75) is 46.7 Å². The minimum absolute atomic E-state index is 0.0228. The Morgan fingerprint density at radius 1 is 1.41 bits per heavy atom. The fourth-order valence-electron chi connectivity index (χ4n) is 1.45. The molecule has 0 aromatic carbocycles. The van der Waals surface area contributed by atoms with E-state index in [1.807, 2.05) is 33.8 Å². The first-order valence-electron chi connectivity index (χ1n) is 5.84. The second kappa shape index (κ2) is 5.19. The van der Waals surface area contributed by atoms with Gasteiger partial charge < -0.3 is 11.1 Å². The summed E-state index contributed by atoms with van der Waals surface area (Å²) < 4.78 is 0. The third-order valence-corrected chi connectivity index (χ3v) is 3.95. The Hall–Kier alpha value is -0.870. The van der Waals surface area contributed by atoms with Crippen LogP contribution in [-0.4, -0.2) is 11.9 Å². The highest BCUT2D eigenvalue weighted by Gasteiger charge is 2.28. The minimum Gasteiger partial charge on any atom is -0.347 e. The predicted octanol–water partition coefficient (Wildman–Crippen LogP) is 2.61. The Bertz CT molecular complexity index is 392. The zero-order chi connectivity index (χ0) is 13.2. The van der Waals surface area contributed by atoms with Crippen molar-refractivity contribution >= 4 is 17.2 Å². The van der Waals surface area contributed by atoms with E-state index in [4.69, 9.17) is 5.73 Å². The van der Waals surface area contributed by atoms with Gasteiger partial charge in [-0.05, 0) is 31.4 Å². The summed E-state index contributed by atoms with van der Waals surface area (Å²) in [6.07, 6.45) is 0. The number of rotatable bonds is 3.